The van der Waals surface area contributed by atoms with Crippen molar-refractivity contribution in [3.63, 3.8) is 0 Å². The predicted molar refractivity (Wildman–Crippen MR) is 87.5 cm³/mol. The molecule has 0 radical (unpaired) electrons. The Balaban J connectivity index is 1.53. The van der Waals surface area contributed by atoms with E-state index < -0.39 is 0 Å². The lowest BCUT2D eigenvalue weighted by Crippen LogP contribution is -2.46. The Hall–Kier alpha value is -2.74. The van der Waals surface area contributed by atoms with Crippen molar-refractivity contribution in [3.05, 3.63) is 42.4 Å². The van der Waals surface area contributed by atoms with E-state index in [0.29, 0.717) is 11.4 Å². The van der Waals surface area contributed by atoms with Crippen LogP contribution in [0.25, 0.3) is 5.82 Å². The quantitative estimate of drug-likeness (QED) is 0.800. The summed E-state index contributed by atoms with van der Waals surface area (Å²) in [5.74, 6) is 0.208. The summed E-state index contributed by atoms with van der Waals surface area (Å²) in [5, 5.41) is 7.12. The van der Waals surface area contributed by atoms with Crippen molar-refractivity contribution in [3.8, 4) is 5.82 Å². The fourth-order valence-electron chi connectivity index (χ4n) is 2.78. The van der Waals surface area contributed by atoms with E-state index in [2.05, 4.69) is 15.4 Å². The molecule has 2 aromatic rings. The van der Waals surface area contributed by atoms with Crippen LogP contribution in [-0.4, -0.2) is 57.2 Å². The van der Waals surface area contributed by atoms with E-state index in [9.17, 15) is 9.59 Å². The van der Waals surface area contributed by atoms with Crippen LogP contribution in [0.1, 0.15) is 23.2 Å². The Morgan fingerprint density at radius 1 is 1.29 bits per heavy atom. The van der Waals surface area contributed by atoms with Crippen molar-refractivity contribution >= 4 is 11.8 Å². The van der Waals surface area contributed by atoms with Gasteiger partial charge in [0.05, 0.1) is 12.1 Å². The molecule has 1 fully saturated rings. The second kappa shape index (κ2) is 7.22. The Morgan fingerprint density at radius 2 is 2.08 bits per heavy atom. The molecule has 0 saturated carbocycles. The molecule has 3 rings (SSSR count). The highest BCUT2D eigenvalue weighted by Gasteiger charge is 2.22. The summed E-state index contributed by atoms with van der Waals surface area (Å²) >= 11 is 0. The lowest BCUT2D eigenvalue weighted by Gasteiger charge is -2.31. The van der Waals surface area contributed by atoms with Crippen molar-refractivity contribution in [2.24, 2.45) is 5.73 Å². The van der Waals surface area contributed by atoms with Gasteiger partial charge >= 0.3 is 0 Å². The lowest BCUT2D eigenvalue weighted by atomic mass is 10.0. The number of primary amides is 1. The zero-order valence-electron chi connectivity index (χ0n) is 13.3. The molecule has 1 aliphatic heterocycles. The normalized spacial score (nSPS) is 16.0. The van der Waals surface area contributed by atoms with E-state index >= 15 is 0 Å². The van der Waals surface area contributed by atoms with Crippen LogP contribution in [0.15, 0.2) is 36.8 Å². The summed E-state index contributed by atoms with van der Waals surface area (Å²) in [5.41, 5.74) is 5.72. The van der Waals surface area contributed by atoms with Gasteiger partial charge in [0.15, 0.2) is 5.82 Å². The summed E-state index contributed by atoms with van der Waals surface area (Å²) < 4.78 is 1.64. The standard InChI is InChI=1S/C16H20N6O2/c17-14(23)11-21-8-4-13(5-9-21)20-16(24)12-2-3-15(18-10-12)22-7-1-6-19-22/h1-3,6-7,10,13H,4-5,8-9,11H2,(H2,17,23)(H,20,24). The average molecular weight is 328 g/mol. The van der Waals surface area contributed by atoms with Crippen LogP contribution in [0, 0.1) is 0 Å². The second-order valence-corrected chi connectivity index (χ2v) is 5.85. The number of nitrogens with one attached hydrogen (secondary N) is 1. The third kappa shape index (κ3) is 3.96. The van der Waals surface area contributed by atoms with E-state index in [1.807, 2.05) is 11.0 Å². The Morgan fingerprint density at radius 3 is 2.67 bits per heavy atom. The number of piperidine rings is 1. The van der Waals surface area contributed by atoms with E-state index in [1.165, 1.54) is 0 Å². The second-order valence-electron chi connectivity index (χ2n) is 5.85. The van der Waals surface area contributed by atoms with Crippen LogP contribution >= 0.6 is 0 Å². The van der Waals surface area contributed by atoms with Gasteiger partial charge in [-0.1, -0.05) is 0 Å². The summed E-state index contributed by atoms with van der Waals surface area (Å²) in [4.78, 5) is 29.5. The number of nitrogens with two attached hydrogens (primary N) is 1. The Kier molecular flexibility index (Phi) is 4.85. The van der Waals surface area contributed by atoms with Gasteiger partial charge in [0.1, 0.15) is 0 Å². The van der Waals surface area contributed by atoms with Crippen molar-refractivity contribution in [1.29, 1.82) is 0 Å². The summed E-state index contributed by atoms with van der Waals surface area (Å²) in [6.07, 6.45) is 6.62. The highest BCUT2D eigenvalue weighted by atomic mass is 16.2. The number of carbonyl (C=O) groups is 2. The maximum atomic E-state index is 12.3. The topological polar surface area (TPSA) is 106 Å². The van der Waals surface area contributed by atoms with Crippen molar-refractivity contribution in [2.75, 3.05) is 19.6 Å². The number of carbonyl (C=O) groups excluding carboxylic acids is 2. The van der Waals surface area contributed by atoms with Crippen LogP contribution in [0.5, 0.6) is 0 Å². The molecule has 0 spiro atoms. The summed E-state index contributed by atoms with van der Waals surface area (Å²) in [7, 11) is 0. The highest BCUT2D eigenvalue weighted by Crippen LogP contribution is 2.11. The maximum Gasteiger partial charge on any atom is 0.253 e. The molecule has 2 aromatic heterocycles. The minimum Gasteiger partial charge on any atom is -0.369 e. The number of nitrogens with zero attached hydrogens (tertiary/aromatic N) is 4. The van der Waals surface area contributed by atoms with Gasteiger partial charge < -0.3 is 11.1 Å². The number of rotatable bonds is 5. The monoisotopic (exact) mass is 328 g/mol. The minimum absolute atomic E-state index is 0.104. The predicted octanol–water partition coefficient (Wildman–Crippen LogP) is -0.0532. The molecular weight excluding hydrogens is 308 g/mol. The first-order valence-electron chi connectivity index (χ1n) is 7.89. The van der Waals surface area contributed by atoms with E-state index in [1.54, 1.807) is 35.4 Å². The molecule has 0 bridgehead atoms. The van der Waals surface area contributed by atoms with Gasteiger partial charge in [-0.2, -0.15) is 5.10 Å². The average Bonchev–Trinajstić information content (AvgIpc) is 3.11. The zero-order valence-corrected chi connectivity index (χ0v) is 13.3. The Bertz CT molecular complexity index is 690. The number of hydrogen-bond acceptors (Lipinski definition) is 5. The number of hydrogen-bond donors (Lipinski definition) is 2. The number of likely N-dealkylation sites (tertiary alicyclic amines) is 1. The molecule has 3 heterocycles. The van der Waals surface area contributed by atoms with Crippen molar-refractivity contribution in [1.82, 2.24) is 25.0 Å². The third-order valence-corrected chi connectivity index (χ3v) is 4.05. The first kappa shape index (κ1) is 16.1. The molecule has 8 nitrogen and oxygen atoms in total. The van der Waals surface area contributed by atoms with Gasteiger partial charge in [-0.3, -0.25) is 14.5 Å². The maximum absolute atomic E-state index is 12.3. The van der Waals surface area contributed by atoms with E-state index in [4.69, 9.17) is 5.73 Å². The van der Waals surface area contributed by atoms with Crippen molar-refractivity contribution in [2.45, 2.75) is 18.9 Å². The van der Waals surface area contributed by atoms with Crippen LogP contribution in [-0.2, 0) is 4.79 Å². The Labute approximate surface area is 139 Å². The van der Waals surface area contributed by atoms with Crippen molar-refractivity contribution < 1.29 is 9.59 Å². The zero-order chi connectivity index (χ0) is 16.9. The molecule has 2 amide bonds. The van der Waals surface area contributed by atoms with Gasteiger partial charge in [-0.15, -0.1) is 0 Å². The van der Waals surface area contributed by atoms with Gasteiger partial charge in [0, 0.05) is 37.7 Å². The van der Waals surface area contributed by atoms with Crippen LogP contribution in [0.4, 0.5) is 0 Å². The first-order valence-corrected chi connectivity index (χ1v) is 7.89. The highest BCUT2D eigenvalue weighted by molar-refractivity contribution is 5.94. The largest absolute Gasteiger partial charge is 0.369 e. The molecule has 0 unspecified atom stereocenters. The molecule has 126 valence electrons. The summed E-state index contributed by atoms with van der Waals surface area (Å²) in [6.45, 7) is 1.79. The molecule has 0 atom stereocenters. The summed E-state index contributed by atoms with van der Waals surface area (Å²) in [6, 6.07) is 5.42. The smallest absolute Gasteiger partial charge is 0.253 e. The fraction of sp³-hybridized carbons (Fsp3) is 0.375. The number of aromatic nitrogens is 3. The molecule has 1 aliphatic rings. The molecule has 24 heavy (non-hydrogen) atoms. The number of amides is 2. The van der Waals surface area contributed by atoms with Gasteiger partial charge in [-0.25, -0.2) is 9.67 Å². The van der Waals surface area contributed by atoms with E-state index in [-0.39, 0.29) is 24.4 Å². The van der Waals surface area contributed by atoms with Gasteiger partial charge in [-0.05, 0) is 31.0 Å². The van der Waals surface area contributed by atoms with Crippen LogP contribution in [0.2, 0.25) is 0 Å². The molecule has 0 aliphatic carbocycles. The molecule has 0 aromatic carbocycles. The fourth-order valence-corrected chi connectivity index (χ4v) is 2.78. The van der Waals surface area contributed by atoms with Crippen LogP contribution < -0.4 is 11.1 Å². The third-order valence-electron chi connectivity index (χ3n) is 4.05. The first-order chi connectivity index (χ1) is 11.6. The lowest BCUT2D eigenvalue weighted by molar-refractivity contribution is -0.119. The molecule has 3 N–H and O–H groups in total. The minimum atomic E-state index is -0.319. The molecule has 8 heteroatoms. The molecule has 1 saturated heterocycles. The molecular formula is C16H20N6O2. The SMILES string of the molecule is NC(=O)CN1CCC(NC(=O)c2ccc(-n3cccn3)nc2)CC1. The van der Waals surface area contributed by atoms with Gasteiger partial charge in [0.25, 0.3) is 5.91 Å². The van der Waals surface area contributed by atoms with E-state index in [0.717, 1.165) is 25.9 Å². The van der Waals surface area contributed by atoms with Crippen LogP contribution in [0.3, 0.4) is 0 Å². The number of pyridine rings is 1. The van der Waals surface area contributed by atoms with Gasteiger partial charge in [0.2, 0.25) is 5.91 Å².